The highest BCUT2D eigenvalue weighted by molar-refractivity contribution is 6.30. The van der Waals surface area contributed by atoms with Crippen molar-refractivity contribution < 1.29 is 9.53 Å². The molecule has 0 heterocycles. The van der Waals surface area contributed by atoms with Crippen LogP contribution in [0, 0.1) is 0 Å². The molecule has 0 aliphatic heterocycles. The highest BCUT2D eigenvalue weighted by atomic mass is 35.5. The number of benzene rings is 2. The second kappa shape index (κ2) is 8.44. The molecule has 4 heteroatoms. The summed E-state index contributed by atoms with van der Waals surface area (Å²) in [6, 6.07) is 15.3. The van der Waals surface area contributed by atoms with E-state index in [9.17, 15) is 4.79 Å². The molecule has 2 rings (SSSR count). The molecule has 3 nitrogen and oxygen atoms in total. The Kier molecular flexibility index (Phi) is 6.28. The van der Waals surface area contributed by atoms with Gasteiger partial charge in [0.15, 0.2) is 0 Å². The van der Waals surface area contributed by atoms with Crippen LogP contribution in [0.3, 0.4) is 0 Å². The van der Waals surface area contributed by atoms with Crippen molar-refractivity contribution in [1.82, 2.24) is 5.32 Å². The van der Waals surface area contributed by atoms with E-state index in [2.05, 4.69) is 12.2 Å². The van der Waals surface area contributed by atoms with Crippen molar-refractivity contribution in [3.63, 3.8) is 0 Å². The molecule has 2 aromatic rings. The van der Waals surface area contributed by atoms with E-state index in [1.807, 2.05) is 36.4 Å². The van der Waals surface area contributed by atoms with E-state index >= 15 is 0 Å². The number of amides is 1. The van der Waals surface area contributed by atoms with Gasteiger partial charge >= 0.3 is 0 Å². The number of rotatable bonds is 7. The largest absolute Gasteiger partial charge is 0.492 e. The third-order valence-electron chi connectivity index (χ3n) is 3.28. The van der Waals surface area contributed by atoms with Gasteiger partial charge in [-0.2, -0.15) is 0 Å². The fourth-order valence-electron chi connectivity index (χ4n) is 2.08. The maximum atomic E-state index is 11.8. The summed E-state index contributed by atoms with van der Waals surface area (Å²) < 4.78 is 5.59. The van der Waals surface area contributed by atoms with Gasteiger partial charge in [-0.15, -0.1) is 0 Å². The molecule has 0 radical (unpaired) electrons. The molecule has 0 bridgehead atoms. The molecule has 0 aromatic heterocycles. The van der Waals surface area contributed by atoms with Crippen LogP contribution < -0.4 is 10.1 Å². The molecular weight excluding hydrogens is 298 g/mol. The molecule has 0 aliphatic rings. The molecule has 0 saturated carbocycles. The summed E-state index contributed by atoms with van der Waals surface area (Å²) in [6.07, 6.45) is 1.34. The highest BCUT2D eigenvalue weighted by Crippen LogP contribution is 2.12. The molecule has 2 aromatic carbocycles. The van der Waals surface area contributed by atoms with Crippen molar-refractivity contribution in [3.8, 4) is 5.75 Å². The van der Waals surface area contributed by atoms with E-state index in [1.54, 1.807) is 12.1 Å². The summed E-state index contributed by atoms with van der Waals surface area (Å²) in [4.78, 5) is 11.8. The van der Waals surface area contributed by atoms with Gasteiger partial charge in [-0.25, -0.2) is 0 Å². The van der Waals surface area contributed by atoms with E-state index in [0.717, 1.165) is 17.7 Å². The van der Waals surface area contributed by atoms with Gasteiger partial charge in [-0.05, 0) is 41.8 Å². The number of halogens is 1. The van der Waals surface area contributed by atoms with Gasteiger partial charge in [0.05, 0.1) is 13.0 Å². The lowest BCUT2D eigenvalue weighted by Gasteiger charge is -2.08. The van der Waals surface area contributed by atoms with Gasteiger partial charge in [0.25, 0.3) is 0 Å². The first-order valence-corrected chi connectivity index (χ1v) is 7.78. The minimum Gasteiger partial charge on any atom is -0.492 e. The Labute approximate surface area is 136 Å². The topological polar surface area (TPSA) is 38.3 Å². The van der Waals surface area contributed by atoms with Crippen molar-refractivity contribution in [2.24, 2.45) is 0 Å². The number of hydrogen-bond donors (Lipinski definition) is 1. The normalized spacial score (nSPS) is 10.3. The second-order valence-electron chi connectivity index (χ2n) is 5.00. The lowest BCUT2D eigenvalue weighted by atomic mass is 10.1. The number of carbonyl (C=O) groups excluding carboxylic acids is 1. The average molecular weight is 318 g/mol. The lowest BCUT2D eigenvalue weighted by molar-refractivity contribution is -0.120. The maximum Gasteiger partial charge on any atom is 0.224 e. The van der Waals surface area contributed by atoms with Gasteiger partial charge < -0.3 is 10.1 Å². The monoisotopic (exact) mass is 317 g/mol. The molecule has 116 valence electrons. The van der Waals surface area contributed by atoms with Crippen LogP contribution in [0.5, 0.6) is 5.75 Å². The van der Waals surface area contributed by atoms with Crippen LogP contribution in [-0.2, 0) is 17.6 Å². The van der Waals surface area contributed by atoms with Crippen molar-refractivity contribution in [2.75, 3.05) is 13.2 Å². The van der Waals surface area contributed by atoms with Gasteiger partial charge in [-0.3, -0.25) is 4.79 Å². The molecule has 1 amide bonds. The van der Waals surface area contributed by atoms with Crippen LogP contribution in [0.15, 0.2) is 48.5 Å². The Hall–Kier alpha value is -2.00. The van der Waals surface area contributed by atoms with Crippen LogP contribution in [0.2, 0.25) is 5.02 Å². The molecule has 1 N–H and O–H groups in total. The number of hydrogen-bond acceptors (Lipinski definition) is 2. The van der Waals surface area contributed by atoms with Crippen LogP contribution in [0.25, 0.3) is 0 Å². The van der Waals surface area contributed by atoms with E-state index in [-0.39, 0.29) is 5.91 Å². The van der Waals surface area contributed by atoms with Crippen LogP contribution >= 0.6 is 11.6 Å². The fraction of sp³-hybridized carbons (Fsp3) is 0.278. The molecule has 0 unspecified atom stereocenters. The Morgan fingerprint density at radius 2 is 1.91 bits per heavy atom. The van der Waals surface area contributed by atoms with Crippen LogP contribution in [0.1, 0.15) is 18.1 Å². The van der Waals surface area contributed by atoms with Crippen molar-refractivity contribution in [1.29, 1.82) is 0 Å². The standard InChI is InChI=1S/C18H20ClNO2/c1-2-14-6-8-17(9-7-14)22-11-10-20-18(21)13-15-4-3-5-16(19)12-15/h3-9,12H,2,10-11,13H2,1H3,(H,20,21). The quantitative estimate of drug-likeness (QED) is 0.792. The summed E-state index contributed by atoms with van der Waals surface area (Å²) in [5, 5.41) is 3.48. The Morgan fingerprint density at radius 3 is 2.59 bits per heavy atom. The highest BCUT2D eigenvalue weighted by Gasteiger charge is 2.03. The summed E-state index contributed by atoms with van der Waals surface area (Å²) in [7, 11) is 0. The number of aryl methyl sites for hydroxylation is 1. The average Bonchev–Trinajstić information content (AvgIpc) is 2.52. The molecule has 0 fully saturated rings. The Morgan fingerprint density at radius 1 is 1.14 bits per heavy atom. The third-order valence-corrected chi connectivity index (χ3v) is 3.51. The van der Waals surface area contributed by atoms with Gasteiger partial charge in [0, 0.05) is 5.02 Å². The smallest absolute Gasteiger partial charge is 0.224 e. The lowest BCUT2D eigenvalue weighted by Crippen LogP contribution is -2.29. The summed E-state index contributed by atoms with van der Waals surface area (Å²) >= 11 is 5.89. The minimum atomic E-state index is -0.0350. The first-order chi connectivity index (χ1) is 10.7. The Bertz CT molecular complexity index is 611. The predicted octanol–water partition coefficient (Wildman–Crippen LogP) is 3.64. The first-order valence-electron chi connectivity index (χ1n) is 7.40. The van der Waals surface area contributed by atoms with Gasteiger partial charge in [0.2, 0.25) is 5.91 Å². The number of ether oxygens (including phenoxy) is 1. The third kappa shape index (κ3) is 5.41. The van der Waals surface area contributed by atoms with E-state index in [4.69, 9.17) is 16.3 Å². The number of carbonyl (C=O) groups is 1. The fourth-order valence-corrected chi connectivity index (χ4v) is 2.29. The van der Waals surface area contributed by atoms with E-state index in [0.29, 0.717) is 24.6 Å². The van der Waals surface area contributed by atoms with Crippen LogP contribution in [-0.4, -0.2) is 19.1 Å². The van der Waals surface area contributed by atoms with E-state index in [1.165, 1.54) is 5.56 Å². The zero-order chi connectivity index (χ0) is 15.8. The van der Waals surface area contributed by atoms with Crippen molar-refractivity contribution in [2.45, 2.75) is 19.8 Å². The minimum absolute atomic E-state index is 0.0350. The summed E-state index contributed by atoms with van der Waals surface area (Å²) in [6.45, 7) is 3.05. The molecule has 0 atom stereocenters. The zero-order valence-corrected chi connectivity index (χ0v) is 13.4. The van der Waals surface area contributed by atoms with Crippen molar-refractivity contribution >= 4 is 17.5 Å². The van der Waals surface area contributed by atoms with E-state index < -0.39 is 0 Å². The molecule has 0 aliphatic carbocycles. The van der Waals surface area contributed by atoms with Crippen LogP contribution in [0.4, 0.5) is 0 Å². The predicted molar refractivity (Wildman–Crippen MR) is 89.5 cm³/mol. The molecule has 22 heavy (non-hydrogen) atoms. The van der Waals surface area contributed by atoms with Gasteiger partial charge in [-0.1, -0.05) is 42.8 Å². The molecular formula is C18H20ClNO2. The second-order valence-corrected chi connectivity index (χ2v) is 5.44. The molecule has 0 spiro atoms. The van der Waals surface area contributed by atoms with Gasteiger partial charge in [0.1, 0.15) is 12.4 Å². The number of nitrogens with one attached hydrogen (secondary N) is 1. The van der Waals surface area contributed by atoms with Crippen molar-refractivity contribution in [3.05, 3.63) is 64.7 Å². The summed E-state index contributed by atoms with van der Waals surface area (Å²) in [5.41, 5.74) is 2.18. The Balaban J connectivity index is 1.68. The maximum absolute atomic E-state index is 11.8. The molecule has 0 saturated heterocycles. The summed E-state index contributed by atoms with van der Waals surface area (Å²) in [5.74, 6) is 0.786. The zero-order valence-electron chi connectivity index (χ0n) is 12.6. The first kappa shape index (κ1) is 16.4. The SMILES string of the molecule is CCc1ccc(OCCNC(=O)Cc2cccc(Cl)c2)cc1.